The van der Waals surface area contributed by atoms with E-state index in [4.69, 9.17) is 0 Å². The van der Waals surface area contributed by atoms with E-state index in [-0.39, 0.29) is 0 Å². The molecule has 2 nitrogen and oxygen atoms in total. The van der Waals surface area contributed by atoms with Crippen LogP contribution in [0.4, 0.5) is 13.2 Å². The first-order valence-electron chi connectivity index (χ1n) is 6.72. The zero-order chi connectivity index (χ0) is 14.8. The minimum Gasteiger partial charge on any atom is -0.284 e. The molecule has 5 heteroatoms. The number of hydrogen-bond donors (Lipinski definition) is 0. The van der Waals surface area contributed by atoms with Gasteiger partial charge >= 0.3 is 6.18 Å². The summed E-state index contributed by atoms with van der Waals surface area (Å²) in [6.45, 7) is 3.82. The van der Waals surface area contributed by atoms with Gasteiger partial charge in [-0.15, -0.1) is 0 Å². The fourth-order valence-electron chi connectivity index (χ4n) is 2.51. The van der Waals surface area contributed by atoms with Gasteiger partial charge in [0.1, 0.15) is 6.04 Å². The van der Waals surface area contributed by atoms with E-state index >= 15 is 0 Å². The Morgan fingerprint density at radius 1 is 1.20 bits per heavy atom. The lowest BCUT2D eigenvalue weighted by Gasteiger charge is -2.33. The molecule has 1 aliphatic rings. The summed E-state index contributed by atoms with van der Waals surface area (Å²) < 4.78 is 37.6. The molecule has 1 aromatic carbocycles. The molecule has 0 amide bonds. The predicted molar refractivity (Wildman–Crippen MR) is 69.8 cm³/mol. The predicted octanol–water partition coefficient (Wildman–Crippen LogP) is 4.00. The molecular formula is C15H17F3N2. The molecule has 2 rings (SSSR count). The fourth-order valence-corrected chi connectivity index (χ4v) is 2.51. The van der Waals surface area contributed by atoms with E-state index in [2.05, 4.69) is 13.0 Å². The van der Waals surface area contributed by atoms with Crippen LogP contribution in [0.5, 0.6) is 0 Å². The quantitative estimate of drug-likeness (QED) is 0.819. The lowest BCUT2D eigenvalue weighted by molar-refractivity contribution is -0.137. The second-order valence-electron chi connectivity index (χ2n) is 5.37. The first kappa shape index (κ1) is 14.9. The Bertz CT molecular complexity index is 479. The number of rotatable bonds is 2. The molecule has 0 spiro atoms. The SMILES string of the molecule is CC1CCN(C(C#N)c2ccc(C(F)(F)F)cc2)CC1. The number of benzene rings is 1. The van der Waals surface area contributed by atoms with Crippen LogP contribution in [0.15, 0.2) is 24.3 Å². The van der Waals surface area contributed by atoms with Gasteiger partial charge in [0.2, 0.25) is 0 Å². The number of nitrogens with zero attached hydrogens (tertiary/aromatic N) is 2. The van der Waals surface area contributed by atoms with Crippen molar-refractivity contribution in [3.8, 4) is 6.07 Å². The van der Waals surface area contributed by atoms with E-state index in [1.807, 2.05) is 4.90 Å². The Hall–Kier alpha value is -1.54. The molecule has 0 saturated carbocycles. The number of halogens is 3. The lowest BCUT2D eigenvalue weighted by atomic mass is 9.96. The topological polar surface area (TPSA) is 27.0 Å². The minimum absolute atomic E-state index is 0.454. The van der Waals surface area contributed by atoms with Crippen LogP contribution in [0.25, 0.3) is 0 Å². The molecule has 108 valence electrons. The molecule has 20 heavy (non-hydrogen) atoms. The number of likely N-dealkylation sites (tertiary alicyclic amines) is 1. The fraction of sp³-hybridized carbons (Fsp3) is 0.533. The Labute approximate surface area is 116 Å². The second kappa shape index (κ2) is 5.84. The van der Waals surface area contributed by atoms with Gasteiger partial charge in [0.25, 0.3) is 0 Å². The van der Waals surface area contributed by atoms with Crippen LogP contribution < -0.4 is 0 Å². The van der Waals surface area contributed by atoms with Crippen molar-refractivity contribution in [1.29, 1.82) is 5.26 Å². The van der Waals surface area contributed by atoms with Gasteiger partial charge in [0, 0.05) is 0 Å². The molecule has 1 atom stereocenters. The zero-order valence-electron chi connectivity index (χ0n) is 11.3. The van der Waals surface area contributed by atoms with Crippen molar-refractivity contribution in [2.24, 2.45) is 5.92 Å². The van der Waals surface area contributed by atoms with E-state index in [9.17, 15) is 18.4 Å². The Morgan fingerprint density at radius 3 is 2.20 bits per heavy atom. The Balaban J connectivity index is 2.14. The third-order valence-electron chi connectivity index (χ3n) is 3.86. The van der Waals surface area contributed by atoms with Gasteiger partial charge in [-0.2, -0.15) is 18.4 Å². The van der Waals surface area contributed by atoms with Crippen LogP contribution >= 0.6 is 0 Å². The van der Waals surface area contributed by atoms with Gasteiger partial charge in [-0.05, 0) is 49.5 Å². The van der Waals surface area contributed by atoms with E-state index in [0.29, 0.717) is 11.5 Å². The molecule has 0 bridgehead atoms. The zero-order valence-corrected chi connectivity index (χ0v) is 11.3. The Morgan fingerprint density at radius 2 is 1.75 bits per heavy atom. The maximum absolute atomic E-state index is 12.5. The highest BCUT2D eigenvalue weighted by Gasteiger charge is 2.31. The molecule has 1 fully saturated rings. The molecule has 1 aromatic rings. The molecule has 1 saturated heterocycles. The van der Waals surface area contributed by atoms with Crippen molar-refractivity contribution in [3.05, 3.63) is 35.4 Å². The maximum atomic E-state index is 12.5. The van der Waals surface area contributed by atoms with E-state index < -0.39 is 17.8 Å². The van der Waals surface area contributed by atoms with Crippen LogP contribution in [0.1, 0.15) is 36.9 Å². The molecule has 0 aliphatic carbocycles. The van der Waals surface area contributed by atoms with Crippen molar-refractivity contribution in [1.82, 2.24) is 4.90 Å². The number of hydrogen-bond acceptors (Lipinski definition) is 2. The molecule has 1 heterocycles. The summed E-state index contributed by atoms with van der Waals surface area (Å²) in [7, 11) is 0. The third kappa shape index (κ3) is 3.31. The minimum atomic E-state index is -4.33. The van der Waals surface area contributed by atoms with Crippen LogP contribution in [0, 0.1) is 17.2 Å². The molecule has 0 aromatic heterocycles. The van der Waals surface area contributed by atoms with E-state index in [0.717, 1.165) is 38.1 Å². The molecule has 1 unspecified atom stereocenters. The van der Waals surface area contributed by atoms with Crippen molar-refractivity contribution in [3.63, 3.8) is 0 Å². The summed E-state index contributed by atoms with van der Waals surface area (Å²) in [6.07, 6.45) is -2.28. The average Bonchev–Trinajstić information content (AvgIpc) is 2.41. The summed E-state index contributed by atoms with van der Waals surface area (Å²) in [5.41, 5.74) is -0.0414. The van der Waals surface area contributed by atoms with Gasteiger partial charge in [0.15, 0.2) is 0 Å². The van der Waals surface area contributed by atoms with E-state index in [1.165, 1.54) is 12.1 Å². The summed E-state index contributed by atoms with van der Waals surface area (Å²) in [5.74, 6) is 0.651. The highest BCUT2D eigenvalue weighted by atomic mass is 19.4. The summed E-state index contributed by atoms with van der Waals surface area (Å²) in [5, 5.41) is 9.31. The van der Waals surface area contributed by atoms with Crippen molar-refractivity contribution in [2.45, 2.75) is 32.0 Å². The Kier molecular flexibility index (Phi) is 4.34. The molecule has 0 N–H and O–H groups in total. The summed E-state index contributed by atoms with van der Waals surface area (Å²) in [4.78, 5) is 2.04. The first-order chi connectivity index (χ1) is 9.41. The van der Waals surface area contributed by atoms with E-state index in [1.54, 1.807) is 0 Å². The van der Waals surface area contributed by atoms with Gasteiger partial charge in [0.05, 0.1) is 11.6 Å². The smallest absolute Gasteiger partial charge is 0.284 e. The standard InChI is InChI=1S/C15H17F3N2/c1-11-6-8-20(9-7-11)14(10-19)12-2-4-13(5-3-12)15(16,17)18/h2-5,11,14H,6-9H2,1H3. The highest BCUT2D eigenvalue weighted by Crippen LogP contribution is 2.31. The third-order valence-corrected chi connectivity index (χ3v) is 3.86. The normalized spacial score (nSPS) is 19.6. The van der Waals surface area contributed by atoms with Crippen molar-refractivity contribution >= 4 is 0 Å². The van der Waals surface area contributed by atoms with Crippen LogP contribution in [-0.2, 0) is 6.18 Å². The van der Waals surface area contributed by atoms with Gasteiger partial charge in [-0.1, -0.05) is 19.1 Å². The van der Waals surface area contributed by atoms with Gasteiger partial charge in [-0.3, -0.25) is 4.90 Å². The second-order valence-corrected chi connectivity index (χ2v) is 5.37. The molecule has 1 aliphatic heterocycles. The van der Waals surface area contributed by atoms with Gasteiger partial charge in [-0.25, -0.2) is 0 Å². The van der Waals surface area contributed by atoms with Crippen LogP contribution in [-0.4, -0.2) is 18.0 Å². The maximum Gasteiger partial charge on any atom is 0.416 e. The van der Waals surface area contributed by atoms with Gasteiger partial charge < -0.3 is 0 Å². The van der Waals surface area contributed by atoms with Crippen molar-refractivity contribution < 1.29 is 13.2 Å². The number of alkyl halides is 3. The largest absolute Gasteiger partial charge is 0.416 e. The molecule has 0 radical (unpaired) electrons. The van der Waals surface area contributed by atoms with Crippen LogP contribution in [0.3, 0.4) is 0 Å². The first-order valence-corrected chi connectivity index (χ1v) is 6.72. The van der Waals surface area contributed by atoms with Crippen molar-refractivity contribution in [2.75, 3.05) is 13.1 Å². The summed E-state index contributed by atoms with van der Waals surface area (Å²) in [6, 6.07) is 6.67. The number of piperidine rings is 1. The van der Waals surface area contributed by atoms with Crippen LogP contribution in [0.2, 0.25) is 0 Å². The average molecular weight is 282 g/mol. The highest BCUT2D eigenvalue weighted by molar-refractivity contribution is 5.29. The number of nitriles is 1. The monoisotopic (exact) mass is 282 g/mol. The lowest BCUT2D eigenvalue weighted by Crippen LogP contribution is -2.35. The molecular weight excluding hydrogens is 265 g/mol. The summed E-state index contributed by atoms with van der Waals surface area (Å²) >= 11 is 0.